The van der Waals surface area contributed by atoms with Crippen molar-refractivity contribution in [1.29, 1.82) is 0 Å². The van der Waals surface area contributed by atoms with Gasteiger partial charge in [0.1, 0.15) is 0 Å². The van der Waals surface area contributed by atoms with E-state index in [4.69, 9.17) is 5.11 Å². The Bertz CT molecular complexity index is 408. The zero-order chi connectivity index (χ0) is 12.3. The highest BCUT2D eigenvalue weighted by Crippen LogP contribution is 2.23. The number of benzene rings is 1. The van der Waals surface area contributed by atoms with Gasteiger partial charge in [-0.3, -0.25) is 4.79 Å². The fourth-order valence-corrected chi connectivity index (χ4v) is 2.52. The summed E-state index contributed by atoms with van der Waals surface area (Å²) in [5.74, 6) is 0.493. The Balaban J connectivity index is 2.05. The molecule has 1 aromatic rings. The number of carbonyl (C=O) groups excluding carboxylic acids is 1. The van der Waals surface area contributed by atoms with Gasteiger partial charge < -0.3 is 10.0 Å². The second-order valence-corrected chi connectivity index (χ2v) is 4.92. The minimum Gasteiger partial charge on any atom is -0.396 e. The van der Waals surface area contributed by atoms with Crippen molar-refractivity contribution in [3.63, 3.8) is 0 Å². The van der Waals surface area contributed by atoms with E-state index < -0.39 is 0 Å². The molecule has 1 aliphatic rings. The quantitative estimate of drug-likeness (QED) is 0.805. The number of likely N-dealkylation sites (tertiary alicyclic amines) is 1. The number of nitrogens with zero attached hydrogens (tertiary/aromatic N) is 1. The lowest BCUT2D eigenvalue weighted by molar-refractivity contribution is 0.0781. The molecular formula is C13H17NO2S. The standard InChI is InChI=1S/C13H17NO2S/c15-8-6-10-5-7-14(9-10)13(16)11-3-1-2-4-12(11)17/h1-4,10,15,17H,5-9H2. The number of amides is 1. The summed E-state index contributed by atoms with van der Waals surface area (Å²) >= 11 is 4.31. The largest absolute Gasteiger partial charge is 0.396 e. The van der Waals surface area contributed by atoms with Crippen LogP contribution in [0.1, 0.15) is 23.2 Å². The molecule has 1 unspecified atom stereocenters. The molecule has 0 saturated carbocycles. The molecule has 17 heavy (non-hydrogen) atoms. The average molecular weight is 251 g/mol. The molecule has 0 spiro atoms. The van der Waals surface area contributed by atoms with E-state index in [2.05, 4.69) is 12.6 Å². The van der Waals surface area contributed by atoms with Gasteiger partial charge in [0.15, 0.2) is 0 Å². The Hall–Kier alpha value is -1.00. The first-order chi connectivity index (χ1) is 8.22. The van der Waals surface area contributed by atoms with Crippen LogP contribution >= 0.6 is 12.6 Å². The predicted octanol–water partition coefficient (Wildman–Crippen LogP) is 1.82. The first-order valence-corrected chi connectivity index (χ1v) is 6.35. The van der Waals surface area contributed by atoms with Crippen molar-refractivity contribution < 1.29 is 9.90 Å². The van der Waals surface area contributed by atoms with Gasteiger partial charge in [-0.15, -0.1) is 12.6 Å². The maximum absolute atomic E-state index is 12.2. The topological polar surface area (TPSA) is 40.5 Å². The molecule has 1 amide bonds. The van der Waals surface area contributed by atoms with E-state index in [1.54, 1.807) is 0 Å². The summed E-state index contributed by atoms with van der Waals surface area (Å²) in [5, 5.41) is 8.90. The van der Waals surface area contributed by atoms with Gasteiger partial charge in [0.2, 0.25) is 0 Å². The molecule has 1 fully saturated rings. The average Bonchev–Trinajstić information content (AvgIpc) is 2.78. The first-order valence-electron chi connectivity index (χ1n) is 5.90. The summed E-state index contributed by atoms with van der Waals surface area (Å²) in [6.45, 7) is 1.74. The van der Waals surface area contributed by atoms with Crippen molar-refractivity contribution in [2.75, 3.05) is 19.7 Å². The molecule has 1 heterocycles. The minimum atomic E-state index is 0.0519. The highest BCUT2D eigenvalue weighted by molar-refractivity contribution is 7.80. The fourth-order valence-electron chi connectivity index (χ4n) is 2.26. The molecule has 0 aromatic heterocycles. The second-order valence-electron chi connectivity index (χ2n) is 4.44. The van der Waals surface area contributed by atoms with Crippen LogP contribution in [0.4, 0.5) is 0 Å². The van der Waals surface area contributed by atoms with Gasteiger partial charge in [-0.25, -0.2) is 0 Å². The summed E-state index contributed by atoms with van der Waals surface area (Å²) in [6, 6.07) is 7.37. The van der Waals surface area contributed by atoms with Crippen LogP contribution in [0, 0.1) is 5.92 Å². The van der Waals surface area contributed by atoms with Gasteiger partial charge in [0, 0.05) is 24.6 Å². The van der Waals surface area contributed by atoms with Crippen molar-refractivity contribution >= 4 is 18.5 Å². The van der Waals surface area contributed by atoms with Crippen molar-refractivity contribution in [3.8, 4) is 0 Å². The smallest absolute Gasteiger partial charge is 0.254 e. The molecule has 3 nitrogen and oxygen atoms in total. The molecule has 1 atom stereocenters. The number of carbonyl (C=O) groups is 1. The van der Waals surface area contributed by atoms with Gasteiger partial charge in [0.25, 0.3) is 5.91 Å². The maximum atomic E-state index is 12.2. The molecule has 4 heteroatoms. The highest BCUT2D eigenvalue weighted by atomic mass is 32.1. The number of rotatable bonds is 3. The van der Waals surface area contributed by atoms with Crippen molar-refractivity contribution in [2.24, 2.45) is 5.92 Å². The van der Waals surface area contributed by atoms with Gasteiger partial charge in [-0.05, 0) is 30.9 Å². The minimum absolute atomic E-state index is 0.0519. The molecule has 0 aliphatic carbocycles. The first kappa shape index (κ1) is 12.5. The number of hydrogen-bond donors (Lipinski definition) is 2. The third-order valence-corrected chi connectivity index (χ3v) is 3.63. The van der Waals surface area contributed by atoms with Crippen molar-refractivity contribution in [2.45, 2.75) is 17.7 Å². The third kappa shape index (κ3) is 2.82. The lowest BCUT2D eigenvalue weighted by atomic mass is 10.1. The third-order valence-electron chi connectivity index (χ3n) is 3.24. The SMILES string of the molecule is O=C(c1ccccc1S)N1CCC(CCO)C1. The van der Waals surface area contributed by atoms with Gasteiger partial charge in [-0.1, -0.05) is 12.1 Å². The summed E-state index contributed by atoms with van der Waals surface area (Å²) in [5.41, 5.74) is 0.667. The summed E-state index contributed by atoms with van der Waals surface area (Å²) < 4.78 is 0. The van der Waals surface area contributed by atoms with E-state index in [9.17, 15) is 4.79 Å². The Labute approximate surface area is 107 Å². The molecule has 2 rings (SSSR count). The van der Waals surface area contributed by atoms with Crippen molar-refractivity contribution in [1.82, 2.24) is 4.90 Å². The Kier molecular flexibility index (Phi) is 4.07. The summed E-state index contributed by atoms with van der Waals surface area (Å²) in [7, 11) is 0. The number of aliphatic hydroxyl groups excluding tert-OH is 1. The monoisotopic (exact) mass is 251 g/mol. The molecule has 1 N–H and O–H groups in total. The van der Waals surface area contributed by atoms with Crippen LogP contribution < -0.4 is 0 Å². The molecule has 92 valence electrons. The van der Waals surface area contributed by atoms with Crippen molar-refractivity contribution in [3.05, 3.63) is 29.8 Å². The second kappa shape index (κ2) is 5.56. The van der Waals surface area contributed by atoms with Crippen LogP contribution in [0.5, 0.6) is 0 Å². The van der Waals surface area contributed by atoms with E-state index in [1.807, 2.05) is 29.2 Å². The normalized spacial score (nSPS) is 19.6. The fraction of sp³-hybridized carbons (Fsp3) is 0.462. The van der Waals surface area contributed by atoms with E-state index >= 15 is 0 Å². The molecular weight excluding hydrogens is 234 g/mol. The van der Waals surface area contributed by atoms with E-state index in [1.165, 1.54) is 0 Å². The van der Waals surface area contributed by atoms with E-state index in [0.29, 0.717) is 11.5 Å². The van der Waals surface area contributed by atoms with Gasteiger partial charge in [0.05, 0.1) is 5.56 Å². The van der Waals surface area contributed by atoms with Gasteiger partial charge in [-0.2, -0.15) is 0 Å². The zero-order valence-corrected chi connectivity index (χ0v) is 10.6. The maximum Gasteiger partial charge on any atom is 0.254 e. The highest BCUT2D eigenvalue weighted by Gasteiger charge is 2.27. The van der Waals surface area contributed by atoms with Crippen LogP contribution in [0.2, 0.25) is 0 Å². The molecule has 0 bridgehead atoms. The zero-order valence-electron chi connectivity index (χ0n) is 9.67. The lowest BCUT2D eigenvalue weighted by Crippen LogP contribution is -2.29. The Morgan fingerprint density at radius 1 is 1.47 bits per heavy atom. The number of thiol groups is 1. The lowest BCUT2D eigenvalue weighted by Gasteiger charge is -2.17. The number of hydrogen-bond acceptors (Lipinski definition) is 3. The molecule has 1 saturated heterocycles. The van der Waals surface area contributed by atoms with Crippen LogP contribution in [-0.4, -0.2) is 35.6 Å². The van der Waals surface area contributed by atoms with Gasteiger partial charge >= 0.3 is 0 Å². The molecule has 1 aliphatic heterocycles. The summed E-state index contributed by atoms with van der Waals surface area (Å²) in [6.07, 6.45) is 1.77. The van der Waals surface area contributed by atoms with Crippen LogP contribution in [0.15, 0.2) is 29.2 Å². The summed E-state index contributed by atoms with van der Waals surface area (Å²) in [4.78, 5) is 14.8. The van der Waals surface area contributed by atoms with Crippen LogP contribution in [-0.2, 0) is 0 Å². The Morgan fingerprint density at radius 3 is 2.94 bits per heavy atom. The van der Waals surface area contributed by atoms with Crippen LogP contribution in [0.3, 0.4) is 0 Å². The molecule has 0 radical (unpaired) electrons. The van der Waals surface area contributed by atoms with E-state index in [0.717, 1.165) is 30.8 Å². The van der Waals surface area contributed by atoms with E-state index in [-0.39, 0.29) is 12.5 Å². The molecule has 1 aromatic carbocycles. The van der Waals surface area contributed by atoms with Crippen LogP contribution in [0.25, 0.3) is 0 Å². The predicted molar refractivity (Wildman–Crippen MR) is 69.4 cm³/mol. The Morgan fingerprint density at radius 2 is 2.24 bits per heavy atom. The number of aliphatic hydroxyl groups is 1.